The molecular formula is C18H22N2O. The summed E-state index contributed by atoms with van der Waals surface area (Å²) in [5.41, 5.74) is 8.08. The molecule has 3 N–H and O–H groups in total. The third-order valence-electron chi connectivity index (χ3n) is 3.61. The van der Waals surface area contributed by atoms with Gasteiger partial charge in [-0.15, -0.1) is 0 Å². The molecule has 0 saturated heterocycles. The maximum atomic E-state index is 12.3. The minimum atomic E-state index is -0.615. The van der Waals surface area contributed by atoms with Gasteiger partial charge < -0.3 is 11.1 Å². The highest BCUT2D eigenvalue weighted by molar-refractivity contribution is 5.83. The van der Waals surface area contributed by atoms with Crippen molar-refractivity contribution in [2.24, 2.45) is 5.73 Å². The lowest BCUT2D eigenvalue weighted by Gasteiger charge is -2.20. The maximum Gasteiger partial charge on any atom is 0.241 e. The molecule has 0 fully saturated rings. The molecule has 1 amide bonds. The topological polar surface area (TPSA) is 55.1 Å². The number of hydrogen-bond donors (Lipinski definition) is 2. The van der Waals surface area contributed by atoms with Gasteiger partial charge >= 0.3 is 0 Å². The average Bonchev–Trinajstić information content (AvgIpc) is 2.55. The first kappa shape index (κ1) is 15.3. The number of nitrogens with one attached hydrogen (secondary N) is 1. The number of benzene rings is 2. The number of carbonyl (C=O) groups is 1. The van der Waals surface area contributed by atoms with Gasteiger partial charge in [-0.25, -0.2) is 0 Å². The lowest BCUT2D eigenvalue weighted by molar-refractivity contribution is -0.123. The summed E-state index contributed by atoms with van der Waals surface area (Å²) < 4.78 is 0. The molecule has 0 aromatic heterocycles. The molecule has 0 aliphatic heterocycles. The Kier molecular flexibility index (Phi) is 5.52. The van der Waals surface area contributed by atoms with Gasteiger partial charge in [0.05, 0.1) is 0 Å². The molecule has 3 heteroatoms. The van der Waals surface area contributed by atoms with Crippen LogP contribution >= 0.6 is 0 Å². The lowest BCUT2D eigenvalue weighted by Crippen LogP contribution is -2.41. The molecule has 0 radical (unpaired) electrons. The molecule has 0 saturated carbocycles. The summed E-state index contributed by atoms with van der Waals surface area (Å²) in [6, 6.07) is 19.1. The predicted octanol–water partition coefficient (Wildman–Crippen LogP) is 2.82. The van der Waals surface area contributed by atoms with E-state index in [2.05, 4.69) is 24.4 Å². The molecule has 0 heterocycles. The molecule has 0 aliphatic rings. The van der Waals surface area contributed by atoms with Crippen LogP contribution in [-0.4, -0.2) is 11.9 Å². The molecule has 2 rings (SSSR count). The van der Waals surface area contributed by atoms with Crippen molar-refractivity contribution in [1.29, 1.82) is 0 Å². The summed E-state index contributed by atoms with van der Waals surface area (Å²) in [6.45, 7) is 2.07. The van der Waals surface area contributed by atoms with Gasteiger partial charge in [-0.1, -0.05) is 67.6 Å². The van der Waals surface area contributed by atoms with Gasteiger partial charge in [-0.05, 0) is 24.0 Å². The van der Waals surface area contributed by atoms with Crippen molar-refractivity contribution in [2.75, 3.05) is 0 Å². The second-order valence-corrected chi connectivity index (χ2v) is 5.19. The zero-order valence-electron chi connectivity index (χ0n) is 12.3. The zero-order valence-corrected chi connectivity index (χ0v) is 12.3. The first-order chi connectivity index (χ1) is 10.2. The molecule has 3 nitrogen and oxygen atoms in total. The van der Waals surface area contributed by atoms with Crippen molar-refractivity contribution in [3.63, 3.8) is 0 Å². The van der Waals surface area contributed by atoms with Crippen molar-refractivity contribution in [3.8, 4) is 0 Å². The SMILES string of the molecule is CCC(Cc1ccccc1)NC(=O)C(N)c1ccccc1. The Balaban J connectivity index is 1.96. The third kappa shape index (κ3) is 4.43. The van der Waals surface area contributed by atoms with Crippen LogP contribution in [0.1, 0.15) is 30.5 Å². The Labute approximate surface area is 126 Å². The Hall–Kier alpha value is -2.13. The maximum absolute atomic E-state index is 12.3. The van der Waals surface area contributed by atoms with Gasteiger partial charge in [0.2, 0.25) is 5.91 Å². The highest BCUT2D eigenvalue weighted by Crippen LogP contribution is 2.11. The summed E-state index contributed by atoms with van der Waals surface area (Å²) >= 11 is 0. The quantitative estimate of drug-likeness (QED) is 0.856. The van der Waals surface area contributed by atoms with Gasteiger partial charge in [0.1, 0.15) is 6.04 Å². The minimum absolute atomic E-state index is 0.106. The second kappa shape index (κ2) is 7.60. The van der Waals surface area contributed by atoms with Gasteiger partial charge in [-0.2, -0.15) is 0 Å². The molecular weight excluding hydrogens is 260 g/mol. The van der Waals surface area contributed by atoms with E-state index in [-0.39, 0.29) is 11.9 Å². The van der Waals surface area contributed by atoms with Crippen LogP contribution in [0.15, 0.2) is 60.7 Å². The molecule has 2 unspecified atom stereocenters. The first-order valence-corrected chi connectivity index (χ1v) is 7.35. The fourth-order valence-electron chi connectivity index (χ4n) is 2.30. The van der Waals surface area contributed by atoms with E-state index in [1.54, 1.807) is 0 Å². The molecule has 0 spiro atoms. The molecule has 2 aromatic rings. The Morgan fingerprint density at radius 3 is 2.19 bits per heavy atom. The second-order valence-electron chi connectivity index (χ2n) is 5.19. The van der Waals surface area contributed by atoms with E-state index in [4.69, 9.17) is 5.73 Å². The monoisotopic (exact) mass is 282 g/mol. The van der Waals surface area contributed by atoms with Gasteiger partial charge in [0, 0.05) is 6.04 Å². The lowest BCUT2D eigenvalue weighted by atomic mass is 10.0. The van der Waals surface area contributed by atoms with Crippen molar-refractivity contribution in [3.05, 3.63) is 71.8 Å². The largest absolute Gasteiger partial charge is 0.351 e. The standard InChI is InChI=1S/C18H22N2O/c1-2-16(13-14-9-5-3-6-10-14)20-18(21)17(19)15-11-7-4-8-12-15/h3-12,16-17H,2,13,19H2,1H3,(H,20,21). The third-order valence-corrected chi connectivity index (χ3v) is 3.61. The van der Waals surface area contributed by atoms with Crippen molar-refractivity contribution in [2.45, 2.75) is 31.8 Å². The summed E-state index contributed by atoms with van der Waals surface area (Å²) in [6.07, 6.45) is 1.70. The normalized spacial score (nSPS) is 13.4. The summed E-state index contributed by atoms with van der Waals surface area (Å²) in [4.78, 5) is 12.3. The average molecular weight is 282 g/mol. The van der Waals surface area contributed by atoms with Gasteiger partial charge in [0.15, 0.2) is 0 Å². The van der Waals surface area contributed by atoms with Crippen molar-refractivity contribution >= 4 is 5.91 Å². The number of hydrogen-bond acceptors (Lipinski definition) is 2. The van der Waals surface area contributed by atoms with Crippen LogP contribution in [-0.2, 0) is 11.2 Å². The Morgan fingerprint density at radius 2 is 1.62 bits per heavy atom. The van der Waals surface area contributed by atoms with Crippen LogP contribution in [0, 0.1) is 0 Å². The number of nitrogens with two attached hydrogens (primary N) is 1. The number of carbonyl (C=O) groups excluding carboxylic acids is 1. The van der Waals surface area contributed by atoms with Crippen LogP contribution in [0.2, 0.25) is 0 Å². The number of amides is 1. The van der Waals surface area contributed by atoms with E-state index < -0.39 is 6.04 Å². The van der Waals surface area contributed by atoms with E-state index in [0.717, 1.165) is 18.4 Å². The number of rotatable bonds is 6. The van der Waals surface area contributed by atoms with E-state index in [0.29, 0.717) is 0 Å². The highest BCUT2D eigenvalue weighted by atomic mass is 16.2. The van der Waals surface area contributed by atoms with Crippen LogP contribution in [0.25, 0.3) is 0 Å². The van der Waals surface area contributed by atoms with Crippen LogP contribution in [0.3, 0.4) is 0 Å². The fourth-order valence-corrected chi connectivity index (χ4v) is 2.30. The molecule has 0 aliphatic carbocycles. The van der Waals surface area contributed by atoms with E-state index in [9.17, 15) is 4.79 Å². The van der Waals surface area contributed by atoms with Gasteiger partial charge in [0.25, 0.3) is 0 Å². The van der Waals surface area contributed by atoms with Crippen LogP contribution in [0.4, 0.5) is 0 Å². The van der Waals surface area contributed by atoms with Crippen LogP contribution in [0.5, 0.6) is 0 Å². The van der Waals surface area contributed by atoms with E-state index in [1.807, 2.05) is 48.5 Å². The zero-order chi connectivity index (χ0) is 15.1. The highest BCUT2D eigenvalue weighted by Gasteiger charge is 2.18. The Bertz CT molecular complexity index is 554. The molecule has 2 atom stereocenters. The molecule has 2 aromatic carbocycles. The van der Waals surface area contributed by atoms with E-state index in [1.165, 1.54) is 5.56 Å². The van der Waals surface area contributed by atoms with Gasteiger partial charge in [-0.3, -0.25) is 4.79 Å². The van der Waals surface area contributed by atoms with E-state index >= 15 is 0 Å². The molecule has 21 heavy (non-hydrogen) atoms. The van der Waals surface area contributed by atoms with Crippen molar-refractivity contribution < 1.29 is 4.79 Å². The fraction of sp³-hybridized carbons (Fsp3) is 0.278. The summed E-state index contributed by atoms with van der Waals surface area (Å²) in [7, 11) is 0. The molecule has 0 bridgehead atoms. The van der Waals surface area contributed by atoms with Crippen LogP contribution < -0.4 is 11.1 Å². The minimum Gasteiger partial charge on any atom is -0.351 e. The summed E-state index contributed by atoms with van der Waals surface area (Å²) in [5.74, 6) is -0.121. The van der Waals surface area contributed by atoms with Crippen molar-refractivity contribution in [1.82, 2.24) is 5.32 Å². The summed E-state index contributed by atoms with van der Waals surface area (Å²) in [5, 5.41) is 3.05. The first-order valence-electron chi connectivity index (χ1n) is 7.35. The predicted molar refractivity (Wildman–Crippen MR) is 85.7 cm³/mol. The Morgan fingerprint density at radius 1 is 1.05 bits per heavy atom. The molecule has 110 valence electrons. The smallest absolute Gasteiger partial charge is 0.241 e.